The largest absolute Gasteiger partial charge is 0.493 e. The molecular weight excluding hydrogens is 274 g/mol. The minimum absolute atomic E-state index is 0.613. The fraction of sp³-hybridized carbons (Fsp3) is 0.263. The lowest BCUT2D eigenvalue weighted by atomic mass is 10.1. The number of benzene rings is 2. The molecule has 2 aromatic carbocycles. The van der Waals surface area contributed by atoms with Gasteiger partial charge in [-0.05, 0) is 43.2 Å². The van der Waals surface area contributed by atoms with Crippen LogP contribution in [-0.4, -0.2) is 13.7 Å². The predicted octanol–water partition coefficient (Wildman–Crippen LogP) is 4.43. The standard InChI is InChI=1S/C19H23NO2/c1-4-9-16-12-15(13-18(21-3)19(16)22-5-2)14-20-17-10-7-6-8-11-17/h4,6-8,10-13,20H,1,5,9,14H2,2-3H3. The molecule has 2 aromatic rings. The van der Waals surface area contributed by atoms with Crippen LogP contribution in [0.2, 0.25) is 0 Å². The molecule has 0 heterocycles. The molecule has 2 rings (SSSR count). The summed E-state index contributed by atoms with van der Waals surface area (Å²) >= 11 is 0. The lowest BCUT2D eigenvalue weighted by molar-refractivity contribution is 0.308. The smallest absolute Gasteiger partial charge is 0.164 e. The van der Waals surface area contributed by atoms with Gasteiger partial charge in [-0.3, -0.25) is 0 Å². The highest BCUT2D eigenvalue weighted by Crippen LogP contribution is 2.33. The van der Waals surface area contributed by atoms with Crippen LogP contribution in [0.5, 0.6) is 11.5 Å². The molecule has 0 fully saturated rings. The number of allylic oxidation sites excluding steroid dienone is 1. The van der Waals surface area contributed by atoms with E-state index in [1.54, 1.807) is 7.11 Å². The monoisotopic (exact) mass is 297 g/mol. The van der Waals surface area contributed by atoms with Crippen molar-refractivity contribution < 1.29 is 9.47 Å². The van der Waals surface area contributed by atoms with E-state index in [0.29, 0.717) is 6.61 Å². The molecule has 116 valence electrons. The van der Waals surface area contributed by atoms with Crippen molar-refractivity contribution in [3.8, 4) is 11.5 Å². The third-order valence-corrected chi connectivity index (χ3v) is 3.33. The predicted molar refractivity (Wildman–Crippen MR) is 91.8 cm³/mol. The summed E-state index contributed by atoms with van der Waals surface area (Å²) in [4.78, 5) is 0. The maximum absolute atomic E-state index is 5.74. The van der Waals surface area contributed by atoms with Crippen molar-refractivity contribution in [2.45, 2.75) is 19.9 Å². The molecule has 22 heavy (non-hydrogen) atoms. The van der Waals surface area contributed by atoms with Crippen LogP contribution in [0, 0.1) is 0 Å². The third kappa shape index (κ3) is 4.04. The van der Waals surface area contributed by atoms with Gasteiger partial charge in [-0.2, -0.15) is 0 Å². The van der Waals surface area contributed by atoms with Crippen LogP contribution in [0.25, 0.3) is 0 Å². The summed E-state index contributed by atoms with van der Waals surface area (Å²) < 4.78 is 11.2. The molecule has 0 unspecified atom stereocenters. The number of ether oxygens (including phenoxy) is 2. The van der Waals surface area contributed by atoms with E-state index in [1.807, 2.05) is 37.3 Å². The highest BCUT2D eigenvalue weighted by atomic mass is 16.5. The molecule has 0 amide bonds. The van der Waals surface area contributed by atoms with Gasteiger partial charge >= 0.3 is 0 Å². The normalized spacial score (nSPS) is 10.1. The second-order valence-electron chi connectivity index (χ2n) is 4.93. The molecule has 0 aliphatic heterocycles. The van der Waals surface area contributed by atoms with E-state index in [-0.39, 0.29) is 0 Å². The van der Waals surface area contributed by atoms with Gasteiger partial charge in [-0.1, -0.05) is 24.3 Å². The number of anilines is 1. The summed E-state index contributed by atoms with van der Waals surface area (Å²) in [5.74, 6) is 1.58. The number of methoxy groups -OCH3 is 1. The molecule has 0 atom stereocenters. The molecule has 0 radical (unpaired) electrons. The first kappa shape index (κ1) is 16.0. The Hall–Kier alpha value is -2.42. The van der Waals surface area contributed by atoms with Gasteiger partial charge in [0.15, 0.2) is 11.5 Å². The molecule has 0 saturated heterocycles. The summed E-state index contributed by atoms with van der Waals surface area (Å²) in [6, 6.07) is 14.3. The van der Waals surface area contributed by atoms with Crippen LogP contribution in [-0.2, 0) is 13.0 Å². The molecule has 1 N–H and O–H groups in total. The van der Waals surface area contributed by atoms with Gasteiger partial charge in [0.1, 0.15) is 0 Å². The molecule has 0 aromatic heterocycles. The van der Waals surface area contributed by atoms with Gasteiger partial charge in [0, 0.05) is 17.8 Å². The van der Waals surface area contributed by atoms with Crippen LogP contribution >= 0.6 is 0 Å². The molecule has 0 aliphatic rings. The van der Waals surface area contributed by atoms with Crippen LogP contribution in [0.4, 0.5) is 5.69 Å². The zero-order valence-electron chi connectivity index (χ0n) is 13.3. The topological polar surface area (TPSA) is 30.5 Å². The Balaban J connectivity index is 2.23. The first-order valence-corrected chi connectivity index (χ1v) is 7.50. The van der Waals surface area contributed by atoms with Gasteiger partial charge in [0.05, 0.1) is 13.7 Å². The van der Waals surface area contributed by atoms with Crippen molar-refractivity contribution in [1.82, 2.24) is 0 Å². The van der Waals surface area contributed by atoms with E-state index in [9.17, 15) is 0 Å². The van der Waals surface area contributed by atoms with E-state index in [2.05, 4.69) is 30.1 Å². The number of hydrogen-bond donors (Lipinski definition) is 1. The number of rotatable bonds is 8. The van der Waals surface area contributed by atoms with Gasteiger partial charge in [-0.15, -0.1) is 6.58 Å². The van der Waals surface area contributed by atoms with Gasteiger partial charge in [0.25, 0.3) is 0 Å². The maximum Gasteiger partial charge on any atom is 0.164 e. The Morgan fingerprint density at radius 3 is 2.59 bits per heavy atom. The van der Waals surface area contributed by atoms with Crippen molar-refractivity contribution >= 4 is 5.69 Å². The fourth-order valence-corrected chi connectivity index (χ4v) is 2.35. The zero-order chi connectivity index (χ0) is 15.8. The Morgan fingerprint density at radius 1 is 1.18 bits per heavy atom. The van der Waals surface area contributed by atoms with Crippen LogP contribution in [0.3, 0.4) is 0 Å². The second kappa shape index (κ2) is 8.13. The summed E-state index contributed by atoms with van der Waals surface area (Å²) in [5.41, 5.74) is 3.35. The van der Waals surface area contributed by atoms with E-state index in [4.69, 9.17) is 9.47 Å². The SMILES string of the molecule is C=CCc1cc(CNc2ccccc2)cc(OC)c1OCC. The maximum atomic E-state index is 5.74. The van der Waals surface area contributed by atoms with Crippen molar-refractivity contribution in [3.63, 3.8) is 0 Å². The van der Waals surface area contributed by atoms with E-state index >= 15 is 0 Å². The summed E-state index contributed by atoms with van der Waals surface area (Å²) in [6.45, 7) is 7.14. The van der Waals surface area contributed by atoms with Gasteiger partial charge < -0.3 is 14.8 Å². The first-order valence-electron chi connectivity index (χ1n) is 7.50. The molecule has 3 heteroatoms. The Bertz CT molecular complexity index is 608. The number of hydrogen-bond acceptors (Lipinski definition) is 3. The van der Waals surface area contributed by atoms with Crippen LogP contribution < -0.4 is 14.8 Å². The van der Waals surface area contributed by atoms with E-state index in [0.717, 1.165) is 41.3 Å². The van der Waals surface area contributed by atoms with Crippen LogP contribution in [0.15, 0.2) is 55.1 Å². The van der Waals surface area contributed by atoms with E-state index in [1.165, 1.54) is 0 Å². The average molecular weight is 297 g/mol. The fourth-order valence-electron chi connectivity index (χ4n) is 2.35. The molecule has 3 nitrogen and oxygen atoms in total. The Kier molecular flexibility index (Phi) is 5.90. The molecular formula is C19H23NO2. The lowest BCUT2D eigenvalue weighted by Crippen LogP contribution is -2.04. The highest BCUT2D eigenvalue weighted by molar-refractivity contribution is 5.51. The van der Waals surface area contributed by atoms with E-state index < -0.39 is 0 Å². The van der Waals surface area contributed by atoms with Crippen molar-refractivity contribution in [3.05, 3.63) is 66.2 Å². The van der Waals surface area contributed by atoms with Crippen molar-refractivity contribution in [1.29, 1.82) is 0 Å². The minimum atomic E-state index is 0.613. The molecule has 0 bridgehead atoms. The van der Waals surface area contributed by atoms with Crippen molar-refractivity contribution in [2.75, 3.05) is 19.0 Å². The molecule has 0 spiro atoms. The van der Waals surface area contributed by atoms with Gasteiger partial charge in [-0.25, -0.2) is 0 Å². The zero-order valence-corrected chi connectivity index (χ0v) is 13.3. The quantitative estimate of drug-likeness (QED) is 0.731. The first-order chi connectivity index (χ1) is 10.8. The number of nitrogens with one attached hydrogen (secondary N) is 1. The Labute approximate surface area is 132 Å². The minimum Gasteiger partial charge on any atom is -0.493 e. The summed E-state index contributed by atoms with van der Waals surface area (Å²) in [5, 5.41) is 3.41. The third-order valence-electron chi connectivity index (χ3n) is 3.33. The Morgan fingerprint density at radius 2 is 1.95 bits per heavy atom. The summed E-state index contributed by atoms with van der Waals surface area (Å²) in [6.07, 6.45) is 2.64. The van der Waals surface area contributed by atoms with Crippen molar-refractivity contribution in [2.24, 2.45) is 0 Å². The molecule has 0 aliphatic carbocycles. The second-order valence-corrected chi connectivity index (χ2v) is 4.93. The molecule has 0 saturated carbocycles. The average Bonchev–Trinajstić information content (AvgIpc) is 2.56. The lowest BCUT2D eigenvalue weighted by Gasteiger charge is -2.16. The summed E-state index contributed by atoms with van der Waals surface area (Å²) in [7, 11) is 1.67. The number of para-hydroxylation sites is 1. The van der Waals surface area contributed by atoms with Gasteiger partial charge in [0.2, 0.25) is 0 Å². The highest BCUT2D eigenvalue weighted by Gasteiger charge is 2.12. The van der Waals surface area contributed by atoms with Crippen LogP contribution in [0.1, 0.15) is 18.1 Å².